The molecule has 0 spiro atoms. The van der Waals surface area contributed by atoms with Crippen molar-refractivity contribution in [2.75, 3.05) is 0 Å². The number of fused-ring (bicyclic) bond motifs is 1. The molecule has 0 radical (unpaired) electrons. The highest BCUT2D eigenvalue weighted by atomic mass is 32.1. The van der Waals surface area contributed by atoms with Gasteiger partial charge in [-0.25, -0.2) is 4.98 Å². The standard InChI is InChI=1S/C15H13NOS/c1-10-7-11(2)9-12(8-10)17-15-13-4-6-18-14(13)3-5-16-15/h3-9H,1-2H3. The lowest BCUT2D eigenvalue weighted by Crippen LogP contribution is -1.89. The van der Waals surface area contributed by atoms with Crippen LogP contribution in [-0.4, -0.2) is 4.98 Å². The second-order valence-corrected chi connectivity index (χ2v) is 5.32. The minimum atomic E-state index is 0.679. The normalized spacial score (nSPS) is 10.8. The average molecular weight is 255 g/mol. The van der Waals surface area contributed by atoms with Gasteiger partial charge in [0.25, 0.3) is 0 Å². The highest BCUT2D eigenvalue weighted by molar-refractivity contribution is 7.17. The van der Waals surface area contributed by atoms with Crippen LogP contribution in [-0.2, 0) is 0 Å². The summed E-state index contributed by atoms with van der Waals surface area (Å²) in [5.41, 5.74) is 2.39. The van der Waals surface area contributed by atoms with Gasteiger partial charge in [0, 0.05) is 10.9 Å². The third-order valence-electron chi connectivity index (χ3n) is 2.75. The summed E-state index contributed by atoms with van der Waals surface area (Å²) >= 11 is 1.70. The van der Waals surface area contributed by atoms with Gasteiger partial charge in [-0.2, -0.15) is 0 Å². The van der Waals surface area contributed by atoms with Crippen LogP contribution in [0.25, 0.3) is 10.1 Å². The van der Waals surface area contributed by atoms with E-state index in [0.29, 0.717) is 5.88 Å². The van der Waals surface area contributed by atoms with E-state index in [1.807, 2.05) is 24.3 Å². The summed E-state index contributed by atoms with van der Waals surface area (Å²) in [4.78, 5) is 4.32. The smallest absolute Gasteiger partial charge is 0.227 e. The highest BCUT2D eigenvalue weighted by Crippen LogP contribution is 2.31. The van der Waals surface area contributed by atoms with Crippen LogP contribution in [0.2, 0.25) is 0 Å². The Kier molecular flexibility index (Phi) is 2.76. The zero-order chi connectivity index (χ0) is 12.5. The fourth-order valence-corrected chi connectivity index (χ4v) is 2.83. The summed E-state index contributed by atoms with van der Waals surface area (Å²) in [5.74, 6) is 1.53. The van der Waals surface area contributed by atoms with Crippen LogP contribution in [0.4, 0.5) is 0 Å². The molecule has 3 rings (SSSR count). The third-order valence-corrected chi connectivity index (χ3v) is 3.64. The summed E-state index contributed by atoms with van der Waals surface area (Å²) < 4.78 is 7.11. The van der Waals surface area contributed by atoms with Gasteiger partial charge in [0.2, 0.25) is 5.88 Å². The molecule has 0 fully saturated rings. The average Bonchev–Trinajstić information content (AvgIpc) is 2.76. The van der Waals surface area contributed by atoms with Gasteiger partial charge >= 0.3 is 0 Å². The number of pyridine rings is 1. The molecule has 2 nitrogen and oxygen atoms in total. The quantitative estimate of drug-likeness (QED) is 0.662. The maximum atomic E-state index is 5.91. The van der Waals surface area contributed by atoms with Gasteiger partial charge in [0.15, 0.2) is 0 Å². The van der Waals surface area contributed by atoms with E-state index in [9.17, 15) is 0 Å². The molecule has 0 aliphatic rings. The molecular weight excluding hydrogens is 242 g/mol. The van der Waals surface area contributed by atoms with Crippen LogP contribution >= 0.6 is 11.3 Å². The fourth-order valence-electron chi connectivity index (χ4n) is 2.05. The lowest BCUT2D eigenvalue weighted by molar-refractivity contribution is 0.468. The molecule has 18 heavy (non-hydrogen) atoms. The summed E-state index contributed by atoms with van der Waals surface area (Å²) in [6, 6.07) is 10.2. The Hall–Kier alpha value is -1.87. The van der Waals surface area contributed by atoms with E-state index >= 15 is 0 Å². The number of benzene rings is 1. The molecule has 0 unspecified atom stereocenters. The molecule has 0 saturated carbocycles. The summed E-state index contributed by atoms with van der Waals surface area (Å²) in [6.07, 6.45) is 1.79. The molecule has 3 heteroatoms. The third kappa shape index (κ3) is 2.09. The van der Waals surface area contributed by atoms with Crippen molar-refractivity contribution in [2.24, 2.45) is 0 Å². The predicted octanol–water partition coefficient (Wildman–Crippen LogP) is 4.71. The number of aromatic nitrogens is 1. The van der Waals surface area contributed by atoms with Crippen LogP contribution in [0.15, 0.2) is 41.9 Å². The SMILES string of the molecule is Cc1cc(C)cc(Oc2nccc3sccc23)c1. The van der Waals surface area contributed by atoms with Gasteiger partial charge in [-0.15, -0.1) is 11.3 Å². The summed E-state index contributed by atoms with van der Waals surface area (Å²) in [7, 11) is 0. The Morgan fingerprint density at radius 3 is 2.61 bits per heavy atom. The lowest BCUT2D eigenvalue weighted by atomic mass is 10.1. The highest BCUT2D eigenvalue weighted by Gasteiger charge is 2.06. The molecule has 0 bridgehead atoms. The maximum absolute atomic E-state index is 5.91. The molecule has 0 N–H and O–H groups in total. The van der Waals surface area contributed by atoms with Crippen LogP contribution in [0.1, 0.15) is 11.1 Å². The van der Waals surface area contributed by atoms with Gasteiger partial charge in [0.1, 0.15) is 5.75 Å². The number of rotatable bonds is 2. The van der Waals surface area contributed by atoms with Crippen molar-refractivity contribution < 1.29 is 4.74 Å². The van der Waals surface area contributed by atoms with E-state index in [-0.39, 0.29) is 0 Å². The summed E-state index contributed by atoms with van der Waals surface area (Å²) in [5, 5.41) is 3.13. The molecule has 90 valence electrons. The lowest BCUT2D eigenvalue weighted by Gasteiger charge is -2.07. The zero-order valence-electron chi connectivity index (χ0n) is 10.3. The predicted molar refractivity (Wildman–Crippen MR) is 75.6 cm³/mol. The molecule has 0 aliphatic heterocycles. The number of thiophene rings is 1. The molecule has 0 saturated heterocycles. The van der Waals surface area contributed by atoms with Gasteiger partial charge in [-0.05, 0) is 54.6 Å². The fraction of sp³-hybridized carbons (Fsp3) is 0.133. The van der Waals surface area contributed by atoms with Crippen LogP contribution in [0.3, 0.4) is 0 Å². The first-order valence-corrected chi connectivity index (χ1v) is 6.69. The summed E-state index contributed by atoms with van der Waals surface area (Å²) in [6.45, 7) is 4.14. The largest absolute Gasteiger partial charge is 0.438 e. The molecule has 0 amide bonds. The number of ether oxygens (including phenoxy) is 1. The van der Waals surface area contributed by atoms with Crippen molar-refractivity contribution in [3.8, 4) is 11.6 Å². The van der Waals surface area contributed by atoms with Crippen molar-refractivity contribution in [3.05, 3.63) is 53.0 Å². The first-order chi connectivity index (χ1) is 8.72. The molecule has 0 atom stereocenters. The van der Waals surface area contributed by atoms with Gasteiger partial charge in [-0.1, -0.05) is 6.07 Å². The van der Waals surface area contributed by atoms with E-state index in [2.05, 4.69) is 30.3 Å². The molecule has 0 aliphatic carbocycles. The Balaban J connectivity index is 2.03. The van der Waals surface area contributed by atoms with Crippen LogP contribution < -0.4 is 4.74 Å². The van der Waals surface area contributed by atoms with E-state index in [1.165, 1.54) is 15.8 Å². The molecule has 1 aromatic carbocycles. The second kappa shape index (κ2) is 4.42. The molecule has 2 aromatic heterocycles. The Morgan fingerprint density at radius 2 is 1.83 bits per heavy atom. The van der Waals surface area contributed by atoms with Crippen LogP contribution in [0, 0.1) is 13.8 Å². The zero-order valence-corrected chi connectivity index (χ0v) is 11.1. The topological polar surface area (TPSA) is 22.1 Å². The number of hydrogen-bond acceptors (Lipinski definition) is 3. The van der Waals surface area contributed by atoms with Crippen LogP contribution in [0.5, 0.6) is 11.6 Å². The van der Waals surface area contributed by atoms with E-state index < -0.39 is 0 Å². The Morgan fingerprint density at radius 1 is 1.06 bits per heavy atom. The van der Waals surface area contributed by atoms with E-state index in [1.54, 1.807) is 17.5 Å². The minimum absolute atomic E-state index is 0.679. The van der Waals surface area contributed by atoms with Crippen molar-refractivity contribution in [2.45, 2.75) is 13.8 Å². The number of hydrogen-bond donors (Lipinski definition) is 0. The Bertz CT molecular complexity index is 682. The van der Waals surface area contributed by atoms with Crippen molar-refractivity contribution in [3.63, 3.8) is 0 Å². The number of aryl methyl sites for hydroxylation is 2. The van der Waals surface area contributed by atoms with Crippen molar-refractivity contribution >= 4 is 21.4 Å². The van der Waals surface area contributed by atoms with Crippen molar-refractivity contribution in [1.29, 1.82) is 0 Å². The first-order valence-electron chi connectivity index (χ1n) is 5.81. The first kappa shape index (κ1) is 11.2. The monoisotopic (exact) mass is 255 g/mol. The van der Waals surface area contributed by atoms with Gasteiger partial charge in [-0.3, -0.25) is 0 Å². The minimum Gasteiger partial charge on any atom is -0.438 e. The van der Waals surface area contributed by atoms with Gasteiger partial charge < -0.3 is 4.74 Å². The number of nitrogens with zero attached hydrogens (tertiary/aromatic N) is 1. The van der Waals surface area contributed by atoms with Crippen molar-refractivity contribution in [1.82, 2.24) is 4.98 Å². The maximum Gasteiger partial charge on any atom is 0.227 e. The second-order valence-electron chi connectivity index (χ2n) is 4.37. The molecule has 3 aromatic rings. The van der Waals surface area contributed by atoms with Gasteiger partial charge in [0.05, 0.1) is 5.39 Å². The molecule has 2 heterocycles. The van der Waals surface area contributed by atoms with E-state index in [0.717, 1.165) is 11.1 Å². The Labute approximate surface area is 110 Å². The van der Waals surface area contributed by atoms with E-state index in [4.69, 9.17) is 4.74 Å². The molecular formula is C15H13NOS.